The van der Waals surface area contributed by atoms with Crippen molar-refractivity contribution >= 4 is 5.57 Å². The molecule has 0 bridgehead atoms. The first-order chi connectivity index (χ1) is 8.68. The second kappa shape index (κ2) is 5.71. The summed E-state index contributed by atoms with van der Waals surface area (Å²) in [6.45, 7) is 5.88. The van der Waals surface area contributed by atoms with Gasteiger partial charge in [-0.05, 0) is 37.3 Å². The molecule has 0 saturated carbocycles. The number of rotatable bonds is 2. The lowest BCUT2D eigenvalue weighted by atomic mass is 9.98. The van der Waals surface area contributed by atoms with Crippen LogP contribution >= 0.6 is 0 Å². The van der Waals surface area contributed by atoms with Crippen LogP contribution in [0.4, 0.5) is 0 Å². The van der Waals surface area contributed by atoms with E-state index in [1.54, 1.807) is 0 Å². The Balaban J connectivity index is 2.23. The molecule has 1 aromatic rings. The zero-order valence-electron chi connectivity index (χ0n) is 10.7. The van der Waals surface area contributed by atoms with E-state index in [2.05, 4.69) is 24.5 Å². The van der Waals surface area contributed by atoms with Gasteiger partial charge in [-0.2, -0.15) is 0 Å². The SMILES string of the molecule is C=C(C)c1ccccc1C(O)C#CC1=CCCC1. The smallest absolute Gasteiger partial charge is 0.141 e. The van der Waals surface area contributed by atoms with E-state index in [-0.39, 0.29) is 0 Å². The van der Waals surface area contributed by atoms with E-state index < -0.39 is 6.10 Å². The van der Waals surface area contributed by atoms with Crippen LogP contribution in [0.15, 0.2) is 42.5 Å². The highest BCUT2D eigenvalue weighted by Crippen LogP contribution is 2.23. The van der Waals surface area contributed by atoms with Gasteiger partial charge < -0.3 is 5.11 Å². The molecule has 18 heavy (non-hydrogen) atoms. The third-order valence-corrected chi connectivity index (χ3v) is 3.13. The molecule has 2 rings (SSSR count). The fourth-order valence-corrected chi connectivity index (χ4v) is 2.15. The molecule has 0 radical (unpaired) electrons. The summed E-state index contributed by atoms with van der Waals surface area (Å²) >= 11 is 0. The largest absolute Gasteiger partial charge is 0.376 e. The number of aliphatic hydroxyl groups is 1. The van der Waals surface area contributed by atoms with Crippen LogP contribution in [0, 0.1) is 11.8 Å². The van der Waals surface area contributed by atoms with Crippen molar-refractivity contribution in [2.45, 2.75) is 32.3 Å². The highest BCUT2D eigenvalue weighted by molar-refractivity contribution is 5.65. The van der Waals surface area contributed by atoms with Crippen molar-refractivity contribution in [3.63, 3.8) is 0 Å². The van der Waals surface area contributed by atoms with Crippen molar-refractivity contribution in [1.29, 1.82) is 0 Å². The van der Waals surface area contributed by atoms with Crippen molar-refractivity contribution in [2.75, 3.05) is 0 Å². The maximum Gasteiger partial charge on any atom is 0.141 e. The van der Waals surface area contributed by atoms with Gasteiger partial charge >= 0.3 is 0 Å². The summed E-state index contributed by atoms with van der Waals surface area (Å²) in [5.41, 5.74) is 3.93. The Morgan fingerprint density at radius 1 is 1.39 bits per heavy atom. The molecule has 0 aliphatic heterocycles. The molecule has 1 atom stereocenters. The molecule has 0 saturated heterocycles. The van der Waals surface area contributed by atoms with E-state index in [0.29, 0.717) is 0 Å². The lowest BCUT2D eigenvalue weighted by Gasteiger charge is -2.10. The van der Waals surface area contributed by atoms with Crippen LogP contribution in [0.1, 0.15) is 43.4 Å². The van der Waals surface area contributed by atoms with Crippen molar-refractivity contribution in [3.8, 4) is 11.8 Å². The molecule has 1 aromatic carbocycles. The van der Waals surface area contributed by atoms with Crippen LogP contribution in [0.25, 0.3) is 5.57 Å². The second-order valence-corrected chi connectivity index (χ2v) is 4.66. The van der Waals surface area contributed by atoms with Crippen molar-refractivity contribution in [3.05, 3.63) is 53.6 Å². The number of hydrogen-bond donors (Lipinski definition) is 1. The van der Waals surface area contributed by atoms with E-state index in [0.717, 1.165) is 35.1 Å². The maximum absolute atomic E-state index is 10.2. The normalized spacial score (nSPS) is 15.6. The molecule has 92 valence electrons. The molecule has 0 aromatic heterocycles. The fraction of sp³-hybridized carbons (Fsp3) is 0.294. The van der Waals surface area contributed by atoms with Crippen LogP contribution in [0.2, 0.25) is 0 Å². The van der Waals surface area contributed by atoms with Crippen LogP contribution in [0.5, 0.6) is 0 Å². The summed E-state index contributed by atoms with van der Waals surface area (Å²) in [5, 5.41) is 10.2. The standard InChI is InChI=1S/C17H18O/c1-13(2)15-9-5-6-10-16(15)17(18)12-11-14-7-3-4-8-14/h5-7,9-10,17-18H,1,3-4,8H2,2H3. The molecular weight excluding hydrogens is 220 g/mol. The third kappa shape index (κ3) is 2.91. The van der Waals surface area contributed by atoms with Gasteiger partial charge in [-0.3, -0.25) is 0 Å². The van der Waals surface area contributed by atoms with E-state index in [1.807, 2.05) is 31.2 Å². The Hall–Kier alpha value is -1.78. The zero-order valence-corrected chi connectivity index (χ0v) is 10.7. The number of aliphatic hydroxyl groups excluding tert-OH is 1. The summed E-state index contributed by atoms with van der Waals surface area (Å²) in [5.74, 6) is 6.01. The molecule has 0 heterocycles. The monoisotopic (exact) mass is 238 g/mol. The van der Waals surface area contributed by atoms with Gasteiger partial charge in [0.05, 0.1) is 0 Å². The Labute approximate surface area is 109 Å². The second-order valence-electron chi connectivity index (χ2n) is 4.66. The summed E-state index contributed by atoms with van der Waals surface area (Å²) in [6.07, 6.45) is 4.76. The summed E-state index contributed by atoms with van der Waals surface area (Å²) in [6, 6.07) is 7.75. The fourth-order valence-electron chi connectivity index (χ4n) is 2.15. The Morgan fingerprint density at radius 2 is 2.17 bits per heavy atom. The average molecular weight is 238 g/mol. The average Bonchev–Trinajstić information content (AvgIpc) is 2.89. The highest BCUT2D eigenvalue weighted by Gasteiger charge is 2.10. The molecule has 0 amide bonds. The molecule has 0 spiro atoms. The Kier molecular flexibility index (Phi) is 4.02. The summed E-state index contributed by atoms with van der Waals surface area (Å²) < 4.78 is 0. The first-order valence-corrected chi connectivity index (χ1v) is 6.32. The molecule has 1 aliphatic rings. The van der Waals surface area contributed by atoms with Gasteiger partial charge in [0.1, 0.15) is 6.10 Å². The lowest BCUT2D eigenvalue weighted by Crippen LogP contribution is -1.98. The van der Waals surface area contributed by atoms with Gasteiger partial charge in [0, 0.05) is 5.56 Å². The summed E-state index contributed by atoms with van der Waals surface area (Å²) in [4.78, 5) is 0. The molecule has 1 heteroatoms. The van der Waals surface area contributed by atoms with Crippen LogP contribution in [-0.2, 0) is 0 Å². The first-order valence-electron chi connectivity index (χ1n) is 6.32. The Morgan fingerprint density at radius 3 is 2.83 bits per heavy atom. The third-order valence-electron chi connectivity index (χ3n) is 3.13. The van der Waals surface area contributed by atoms with Crippen LogP contribution < -0.4 is 0 Å². The molecule has 0 fully saturated rings. The van der Waals surface area contributed by atoms with Gasteiger partial charge in [-0.25, -0.2) is 0 Å². The van der Waals surface area contributed by atoms with E-state index in [1.165, 1.54) is 6.42 Å². The van der Waals surface area contributed by atoms with E-state index in [9.17, 15) is 5.11 Å². The molecule has 1 unspecified atom stereocenters. The van der Waals surface area contributed by atoms with E-state index >= 15 is 0 Å². The highest BCUT2D eigenvalue weighted by atomic mass is 16.3. The Bertz CT molecular complexity index is 540. The van der Waals surface area contributed by atoms with Crippen LogP contribution in [-0.4, -0.2) is 5.11 Å². The topological polar surface area (TPSA) is 20.2 Å². The van der Waals surface area contributed by atoms with Crippen molar-refractivity contribution in [2.24, 2.45) is 0 Å². The molecule has 1 aliphatic carbocycles. The van der Waals surface area contributed by atoms with Crippen LogP contribution in [0.3, 0.4) is 0 Å². The van der Waals surface area contributed by atoms with Gasteiger partial charge in [-0.1, -0.05) is 54.3 Å². The minimum atomic E-state index is -0.737. The molecular formula is C17H18O. The van der Waals surface area contributed by atoms with Gasteiger partial charge in [0.2, 0.25) is 0 Å². The predicted molar refractivity (Wildman–Crippen MR) is 75.8 cm³/mol. The first kappa shape index (κ1) is 12.7. The van der Waals surface area contributed by atoms with Gasteiger partial charge in [0.15, 0.2) is 0 Å². The number of allylic oxidation sites excluding steroid dienone is 3. The van der Waals surface area contributed by atoms with Gasteiger partial charge in [-0.15, -0.1) is 0 Å². The van der Waals surface area contributed by atoms with Crippen molar-refractivity contribution < 1.29 is 5.11 Å². The summed E-state index contributed by atoms with van der Waals surface area (Å²) in [7, 11) is 0. The quantitative estimate of drug-likeness (QED) is 0.775. The zero-order chi connectivity index (χ0) is 13.0. The van der Waals surface area contributed by atoms with E-state index in [4.69, 9.17) is 0 Å². The minimum Gasteiger partial charge on any atom is -0.376 e. The van der Waals surface area contributed by atoms with Crippen molar-refractivity contribution in [1.82, 2.24) is 0 Å². The maximum atomic E-state index is 10.2. The molecule has 1 N–H and O–H groups in total. The minimum absolute atomic E-state index is 0.737. The lowest BCUT2D eigenvalue weighted by molar-refractivity contribution is 0.238. The molecule has 1 nitrogen and oxygen atoms in total. The number of benzene rings is 1. The number of hydrogen-bond acceptors (Lipinski definition) is 1. The predicted octanol–water partition coefficient (Wildman–Crippen LogP) is 3.87. The van der Waals surface area contributed by atoms with Gasteiger partial charge in [0.25, 0.3) is 0 Å².